The fourth-order valence-corrected chi connectivity index (χ4v) is 4.95. The molecule has 1 aromatic heterocycles. The summed E-state index contributed by atoms with van der Waals surface area (Å²) in [7, 11) is -0.328. The van der Waals surface area contributed by atoms with Gasteiger partial charge in [0.1, 0.15) is 0 Å². The smallest absolute Gasteiger partial charge is 0.399 e. The molecule has 0 radical (unpaired) electrons. The molecule has 0 spiro atoms. The maximum absolute atomic E-state index is 6.26. The van der Waals surface area contributed by atoms with Crippen LogP contribution in [0.25, 0.3) is 0 Å². The van der Waals surface area contributed by atoms with Gasteiger partial charge in [0.05, 0.1) is 11.2 Å². The predicted molar refractivity (Wildman–Crippen MR) is 117 cm³/mol. The van der Waals surface area contributed by atoms with Gasteiger partial charge in [-0.05, 0) is 71.1 Å². The van der Waals surface area contributed by atoms with Crippen LogP contribution in [-0.4, -0.2) is 28.1 Å². The number of nitrogens with zero attached hydrogens (tertiary/aromatic N) is 2. The Bertz CT molecular complexity index is 668. The average Bonchev–Trinajstić information content (AvgIpc) is 3.04. The van der Waals surface area contributed by atoms with Crippen molar-refractivity contribution in [1.29, 1.82) is 0 Å². The van der Waals surface area contributed by atoms with Crippen molar-refractivity contribution in [2.24, 2.45) is 17.3 Å². The highest BCUT2D eigenvalue weighted by Crippen LogP contribution is 2.40. The predicted octanol–water partition coefficient (Wildman–Crippen LogP) is 5.12. The Labute approximate surface area is 172 Å². The maximum atomic E-state index is 6.26. The summed E-state index contributed by atoms with van der Waals surface area (Å²) in [4.78, 5) is 0. The molecule has 3 atom stereocenters. The Kier molecular flexibility index (Phi) is 6.09. The molecule has 158 valence electrons. The summed E-state index contributed by atoms with van der Waals surface area (Å²) in [6, 6.07) is 0. The quantitative estimate of drug-likeness (QED) is 0.635. The van der Waals surface area contributed by atoms with E-state index < -0.39 is 0 Å². The van der Waals surface area contributed by atoms with Crippen LogP contribution in [-0.2, 0) is 15.9 Å². The highest BCUT2D eigenvalue weighted by Gasteiger charge is 2.52. The molecule has 0 aromatic carbocycles. The number of rotatable bonds is 6. The molecular formula is C23H41BN2O2. The Morgan fingerprint density at radius 1 is 1.21 bits per heavy atom. The van der Waals surface area contributed by atoms with Gasteiger partial charge in [0.15, 0.2) is 0 Å². The standard InChI is InChI=1S/C23H41BN2O2/c1-9-23(8,14-19-12-10-11-17(2)13-19)16-26-18(3)20(15-25-26)24-27-21(4,5)22(6,7)28-24/h15,17,19H,9-14,16H2,1-8H3. The lowest BCUT2D eigenvalue weighted by molar-refractivity contribution is 0.00578. The van der Waals surface area contributed by atoms with Crippen LogP contribution in [0.15, 0.2) is 6.20 Å². The van der Waals surface area contributed by atoms with Crippen LogP contribution in [0.4, 0.5) is 0 Å². The Balaban J connectivity index is 1.72. The van der Waals surface area contributed by atoms with Gasteiger partial charge in [-0.15, -0.1) is 0 Å². The van der Waals surface area contributed by atoms with Crippen molar-refractivity contribution >= 4 is 12.6 Å². The minimum absolute atomic E-state index is 0.283. The first-order chi connectivity index (χ1) is 13.0. The van der Waals surface area contributed by atoms with Crippen LogP contribution in [0.2, 0.25) is 0 Å². The summed E-state index contributed by atoms with van der Waals surface area (Å²) in [6.07, 6.45) is 10.1. The molecule has 1 aliphatic heterocycles. The van der Waals surface area contributed by atoms with Gasteiger partial charge in [0.2, 0.25) is 0 Å². The third-order valence-corrected chi connectivity index (χ3v) is 7.86. The summed E-state index contributed by atoms with van der Waals surface area (Å²) in [5, 5.41) is 4.75. The third kappa shape index (κ3) is 4.36. The van der Waals surface area contributed by atoms with Gasteiger partial charge in [0.25, 0.3) is 0 Å². The minimum atomic E-state index is -0.328. The van der Waals surface area contributed by atoms with Crippen LogP contribution < -0.4 is 5.46 Å². The summed E-state index contributed by atoms with van der Waals surface area (Å²) in [6.45, 7) is 18.7. The second-order valence-electron chi connectivity index (χ2n) is 10.9. The molecule has 1 saturated heterocycles. The number of hydrogen-bond donors (Lipinski definition) is 0. The third-order valence-electron chi connectivity index (χ3n) is 7.86. The van der Waals surface area contributed by atoms with E-state index in [4.69, 9.17) is 14.4 Å². The molecule has 0 amide bonds. The van der Waals surface area contributed by atoms with Crippen molar-refractivity contribution in [3.8, 4) is 0 Å². The Hall–Kier alpha value is -0.805. The van der Waals surface area contributed by atoms with Gasteiger partial charge in [-0.1, -0.05) is 40.0 Å². The first-order valence-corrected chi connectivity index (χ1v) is 11.3. The summed E-state index contributed by atoms with van der Waals surface area (Å²) in [5.74, 6) is 1.76. The van der Waals surface area contributed by atoms with Crippen LogP contribution in [0.1, 0.15) is 92.7 Å². The average molecular weight is 388 g/mol. The van der Waals surface area contributed by atoms with Crippen molar-refractivity contribution in [2.45, 2.75) is 112 Å². The summed E-state index contributed by atoms with van der Waals surface area (Å²) in [5.41, 5.74) is 1.90. The largest absolute Gasteiger partial charge is 0.498 e. The molecule has 1 aliphatic carbocycles. The maximum Gasteiger partial charge on any atom is 0.498 e. The van der Waals surface area contributed by atoms with Gasteiger partial charge in [-0.3, -0.25) is 4.68 Å². The molecule has 5 heteroatoms. The highest BCUT2D eigenvalue weighted by atomic mass is 16.7. The lowest BCUT2D eigenvalue weighted by atomic mass is 9.72. The number of hydrogen-bond acceptors (Lipinski definition) is 3. The van der Waals surface area contributed by atoms with Crippen molar-refractivity contribution in [1.82, 2.24) is 9.78 Å². The number of aromatic nitrogens is 2. The molecule has 3 rings (SSSR count). The molecule has 3 unspecified atom stereocenters. The second-order valence-corrected chi connectivity index (χ2v) is 10.9. The minimum Gasteiger partial charge on any atom is -0.399 e. The Morgan fingerprint density at radius 2 is 1.86 bits per heavy atom. The normalized spacial score (nSPS) is 29.1. The zero-order valence-corrected chi connectivity index (χ0v) is 19.5. The molecule has 28 heavy (non-hydrogen) atoms. The van der Waals surface area contributed by atoms with E-state index in [2.05, 4.69) is 60.1 Å². The van der Waals surface area contributed by atoms with E-state index in [0.29, 0.717) is 0 Å². The summed E-state index contributed by atoms with van der Waals surface area (Å²) < 4.78 is 14.7. The Morgan fingerprint density at radius 3 is 2.43 bits per heavy atom. The topological polar surface area (TPSA) is 36.3 Å². The lowest BCUT2D eigenvalue weighted by Crippen LogP contribution is -2.41. The van der Waals surface area contributed by atoms with E-state index >= 15 is 0 Å². The monoisotopic (exact) mass is 388 g/mol. The molecule has 1 saturated carbocycles. The zero-order valence-electron chi connectivity index (χ0n) is 19.5. The van der Waals surface area contributed by atoms with Crippen LogP contribution >= 0.6 is 0 Å². The fourth-order valence-electron chi connectivity index (χ4n) is 4.95. The molecule has 2 heterocycles. The first kappa shape index (κ1) is 21.9. The van der Waals surface area contributed by atoms with Crippen molar-refractivity contribution in [2.75, 3.05) is 0 Å². The van der Waals surface area contributed by atoms with E-state index in [1.54, 1.807) is 0 Å². The van der Waals surface area contributed by atoms with E-state index in [1.807, 2.05) is 6.20 Å². The molecule has 0 N–H and O–H groups in total. The lowest BCUT2D eigenvalue weighted by Gasteiger charge is -2.36. The van der Waals surface area contributed by atoms with Crippen LogP contribution in [0, 0.1) is 24.2 Å². The molecule has 1 aromatic rings. The molecule has 2 aliphatic rings. The van der Waals surface area contributed by atoms with Crippen molar-refractivity contribution in [3.05, 3.63) is 11.9 Å². The van der Waals surface area contributed by atoms with Crippen LogP contribution in [0.5, 0.6) is 0 Å². The van der Waals surface area contributed by atoms with Gasteiger partial charge < -0.3 is 9.31 Å². The second kappa shape index (κ2) is 7.79. The van der Waals surface area contributed by atoms with Gasteiger partial charge in [-0.2, -0.15) is 5.10 Å². The van der Waals surface area contributed by atoms with Gasteiger partial charge in [-0.25, -0.2) is 0 Å². The SMILES string of the molecule is CCC(C)(CC1CCCC(C)C1)Cn1ncc(B2OC(C)(C)C(C)(C)O2)c1C. The molecule has 0 bridgehead atoms. The zero-order chi connectivity index (χ0) is 20.7. The van der Waals surface area contributed by atoms with E-state index in [0.717, 1.165) is 23.8 Å². The van der Waals surface area contributed by atoms with Gasteiger partial charge >= 0.3 is 7.12 Å². The van der Waals surface area contributed by atoms with E-state index in [-0.39, 0.29) is 23.7 Å². The summed E-state index contributed by atoms with van der Waals surface area (Å²) >= 11 is 0. The first-order valence-electron chi connectivity index (χ1n) is 11.3. The molecular weight excluding hydrogens is 347 g/mol. The fraction of sp³-hybridized carbons (Fsp3) is 0.870. The molecule has 4 nitrogen and oxygen atoms in total. The van der Waals surface area contributed by atoms with Gasteiger partial charge in [0, 0.05) is 23.9 Å². The van der Waals surface area contributed by atoms with E-state index in [1.165, 1.54) is 44.2 Å². The van der Waals surface area contributed by atoms with Crippen LogP contribution in [0.3, 0.4) is 0 Å². The van der Waals surface area contributed by atoms with Crippen molar-refractivity contribution in [3.63, 3.8) is 0 Å². The highest BCUT2D eigenvalue weighted by molar-refractivity contribution is 6.62. The molecule has 2 fully saturated rings. The van der Waals surface area contributed by atoms with E-state index in [9.17, 15) is 0 Å². The van der Waals surface area contributed by atoms with Crippen molar-refractivity contribution < 1.29 is 9.31 Å².